The Kier molecular flexibility index (Phi) is 5.17. The van der Waals surface area contributed by atoms with Gasteiger partial charge in [0.05, 0.1) is 29.0 Å². The van der Waals surface area contributed by atoms with Crippen LogP contribution in [0.3, 0.4) is 0 Å². The third-order valence-electron chi connectivity index (χ3n) is 3.10. The summed E-state index contributed by atoms with van der Waals surface area (Å²) in [5.41, 5.74) is 4.85. The van der Waals surface area contributed by atoms with Gasteiger partial charge >= 0.3 is 0 Å². The van der Waals surface area contributed by atoms with Crippen LogP contribution in [0.1, 0.15) is 31.1 Å². The Hall–Kier alpha value is -1.37. The number of hydrogen-bond acceptors (Lipinski definition) is 4. The van der Waals surface area contributed by atoms with Gasteiger partial charge < -0.3 is 4.74 Å². The number of benzene rings is 1. The highest BCUT2D eigenvalue weighted by molar-refractivity contribution is 9.10. The molecule has 0 amide bonds. The Bertz CT molecular complexity index is 570. The van der Waals surface area contributed by atoms with Gasteiger partial charge in [-0.15, -0.1) is 0 Å². The molecule has 108 valence electrons. The number of aromatic nitrogens is 2. The van der Waals surface area contributed by atoms with Crippen LogP contribution in [0.2, 0.25) is 0 Å². The van der Waals surface area contributed by atoms with E-state index in [0.29, 0.717) is 6.61 Å². The number of nitrogens with zero attached hydrogens (tertiary/aromatic N) is 2. The Balaban J connectivity index is 2.49. The summed E-state index contributed by atoms with van der Waals surface area (Å²) in [5.74, 6) is 6.61. The summed E-state index contributed by atoms with van der Waals surface area (Å²) >= 11 is 3.54. The van der Waals surface area contributed by atoms with Crippen LogP contribution in [0.15, 0.2) is 34.9 Å². The molecule has 1 unspecified atom stereocenters. The van der Waals surface area contributed by atoms with Crippen LogP contribution >= 0.6 is 15.9 Å². The van der Waals surface area contributed by atoms with Crippen LogP contribution in [0.5, 0.6) is 5.75 Å². The molecule has 0 aliphatic heterocycles. The first-order chi connectivity index (χ1) is 9.72. The fourth-order valence-corrected chi connectivity index (χ4v) is 2.76. The number of rotatable bonds is 6. The van der Waals surface area contributed by atoms with E-state index in [1.165, 1.54) is 0 Å². The Morgan fingerprint density at radius 3 is 2.80 bits per heavy atom. The van der Waals surface area contributed by atoms with E-state index in [1.54, 1.807) is 6.20 Å². The molecule has 0 spiro atoms. The van der Waals surface area contributed by atoms with Crippen LogP contribution in [-0.4, -0.2) is 16.4 Å². The smallest absolute Gasteiger partial charge is 0.124 e. The Morgan fingerprint density at radius 2 is 2.15 bits per heavy atom. The lowest BCUT2D eigenvalue weighted by molar-refractivity contribution is 0.332. The van der Waals surface area contributed by atoms with Crippen molar-refractivity contribution < 1.29 is 4.74 Å². The summed E-state index contributed by atoms with van der Waals surface area (Å²) < 4.78 is 8.53. The zero-order valence-corrected chi connectivity index (χ0v) is 13.2. The highest BCUT2D eigenvalue weighted by Gasteiger charge is 2.23. The molecule has 1 heterocycles. The highest BCUT2D eigenvalue weighted by Crippen LogP contribution is 2.33. The molecular weight excluding hydrogens is 320 g/mol. The molecule has 0 aliphatic rings. The molecule has 2 aromatic rings. The molecule has 0 fully saturated rings. The van der Waals surface area contributed by atoms with E-state index in [9.17, 15) is 0 Å². The van der Waals surface area contributed by atoms with Crippen molar-refractivity contribution in [3.63, 3.8) is 0 Å². The molecule has 2 rings (SSSR count). The number of ether oxygens (including phenoxy) is 1. The van der Waals surface area contributed by atoms with E-state index in [1.807, 2.05) is 42.8 Å². The van der Waals surface area contributed by atoms with Crippen molar-refractivity contribution in [1.82, 2.24) is 15.2 Å². The zero-order valence-electron chi connectivity index (χ0n) is 11.6. The second-order valence-corrected chi connectivity index (χ2v) is 5.12. The largest absolute Gasteiger partial charge is 0.494 e. The van der Waals surface area contributed by atoms with E-state index >= 15 is 0 Å². The predicted molar refractivity (Wildman–Crippen MR) is 82.4 cm³/mol. The normalized spacial score (nSPS) is 12.4. The summed E-state index contributed by atoms with van der Waals surface area (Å²) in [5, 5.41) is 4.34. The maximum atomic E-state index is 5.79. The van der Waals surface area contributed by atoms with Crippen molar-refractivity contribution in [2.45, 2.75) is 26.4 Å². The fraction of sp³-hybridized carbons (Fsp3) is 0.357. The van der Waals surface area contributed by atoms with Crippen molar-refractivity contribution in [2.24, 2.45) is 5.84 Å². The van der Waals surface area contributed by atoms with Crippen LogP contribution in [-0.2, 0) is 6.54 Å². The Morgan fingerprint density at radius 1 is 1.40 bits per heavy atom. The van der Waals surface area contributed by atoms with E-state index in [0.717, 1.165) is 28.0 Å². The summed E-state index contributed by atoms with van der Waals surface area (Å²) in [7, 11) is 0. The van der Waals surface area contributed by atoms with Crippen LogP contribution < -0.4 is 16.0 Å². The third-order valence-corrected chi connectivity index (χ3v) is 3.71. The maximum absolute atomic E-state index is 5.79. The van der Waals surface area contributed by atoms with Gasteiger partial charge in [-0.25, -0.2) is 5.43 Å². The first-order valence-corrected chi connectivity index (χ1v) is 7.41. The number of para-hydroxylation sites is 1. The van der Waals surface area contributed by atoms with Crippen LogP contribution in [0.4, 0.5) is 0 Å². The molecule has 3 N–H and O–H groups in total. The van der Waals surface area contributed by atoms with Crippen LogP contribution in [0, 0.1) is 0 Å². The number of nitrogens with one attached hydrogen (secondary N) is 1. The lowest BCUT2D eigenvalue weighted by atomic mass is 10.0. The van der Waals surface area contributed by atoms with E-state index in [2.05, 4.69) is 26.5 Å². The predicted octanol–water partition coefficient (Wildman–Crippen LogP) is 2.62. The first-order valence-electron chi connectivity index (χ1n) is 6.61. The average Bonchev–Trinajstić information content (AvgIpc) is 2.83. The van der Waals surface area contributed by atoms with Gasteiger partial charge in [0.25, 0.3) is 0 Å². The minimum Gasteiger partial charge on any atom is -0.494 e. The van der Waals surface area contributed by atoms with Crippen molar-refractivity contribution in [3.05, 3.63) is 46.2 Å². The molecule has 1 aromatic heterocycles. The summed E-state index contributed by atoms with van der Waals surface area (Å²) in [6.07, 6.45) is 1.78. The minimum atomic E-state index is -0.186. The first kappa shape index (κ1) is 15.0. The maximum Gasteiger partial charge on any atom is 0.124 e. The molecule has 6 heteroatoms. The number of aryl methyl sites for hydroxylation is 1. The SMILES string of the molecule is CCOc1ccccc1C(NN)c1c(Br)cnn1CC. The zero-order chi connectivity index (χ0) is 14.5. The second kappa shape index (κ2) is 6.88. The molecule has 1 aromatic carbocycles. The molecule has 0 saturated carbocycles. The molecule has 20 heavy (non-hydrogen) atoms. The molecule has 1 atom stereocenters. The average molecular weight is 339 g/mol. The molecular formula is C14H19BrN4O. The lowest BCUT2D eigenvalue weighted by Gasteiger charge is -2.21. The molecule has 0 saturated heterocycles. The topological polar surface area (TPSA) is 65.1 Å². The van der Waals surface area contributed by atoms with Gasteiger partial charge in [0.15, 0.2) is 0 Å². The number of nitrogens with two attached hydrogens (primary N) is 1. The van der Waals surface area contributed by atoms with E-state index in [4.69, 9.17) is 10.6 Å². The second-order valence-electron chi connectivity index (χ2n) is 4.26. The summed E-state index contributed by atoms with van der Waals surface area (Å²) in [4.78, 5) is 0. The monoisotopic (exact) mass is 338 g/mol. The number of hydrogen-bond donors (Lipinski definition) is 2. The molecule has 0 aliphatic carbocycles. The van der Waals surface area contributed by atoms with Gasteiger partial charge in [0.2, 0.25) is 0 Å². The van der Waals surface area contributed by atoms with Crippen molar-refractivity contribution in [2.75, 3.05) is 6.61 Å². The quantitative estimate of drug-likeness (QED) is 0.627. The Labute approximate surface area is 127 Å². The van der Waals surface area contributed by atoms with Crippen molar-refractivity contribution in [3.8, 4) is 5.75 Å². The van der Waals surface area contributed by atoms with Crippen LogP contribution in [0.25, 0.3) is 0 Å². The number of halogens is 1. The van der Waals surface area contributed by atoms with Gasteiger partial charge in [-0.2, -0.15) is 5.10 Å². The van der Waals surface area contributed by atoms with E-state index in [-0.39, 0.29) is 6.04 Å². The van der Waals surface area contributed by atoms with Gasteiger partial charge in [-0.3, -0.25) is 10.5 Å². The molecule has 0 bridgehead atoms. The standard InChI is InChI=1S/C14H19BrN4O/c1-3-19-14(11(15)9-17-19)13(18-16)10-7-5-6-8-12(10)20-4-2/h5-9,13,18H,3-4,16H2,1-2H3. The minimum absolute atomic E-state index is 0.186. The number of hydrazine groups is 1. The lowest BCUT2D eigenvalue weighted by Crippen LogP contribution is -2.31. The highest BCUT2D eigenvalue weighted by atomic mass is 79.9. The van der Waals surface area contributed by atoms with E-state index < -0.39 is 0 Å². The van der Waals surface area contributed by atoms with Gasteiger partial charge in [-0.05, 0) is 35.8 Å². The van der Waals surface area contributed by atoms with Crippen molar-refractivity contribution >= 4 is 15.9 Å². The summed E-state index contributed by atoms with van der Waals surface area (Å²) in [6, 6.07) is 7.70. The molecule has 0 radical (unpaired) electrons. The van der Waals surface area contributed by atoms with Crippen molar-refractivity contribution in [1.29, 1.82) is 0 Å². The van der Waals surface area contributed by atoms with Gasteiger partial charge in [0, 0.05) is 12.1 Å². The fourth-order valence-electron chi connectivity index (χ4n) is 2.23. The summed E-state index contributed by atoms with van der Waals surface area (Å²) in [6.45, 7) is 5.40. The molecule has 5 nitrogen and oxygen atoms in total. The van der Waals surface area contributed by atoms with Gasteiger partial charge in [0.1, 0.15) is 5.75 Å². The van der Waals surface area contributed by atoms with Gasteiger partial charge in [-0.1, -0.05) is 18.2 Å². The third kappa shape index (κ3) is 2.87.